The molecule has 0 atom stereocenters. The van der Waals surface area contributed by atoms with E-state index in [1.165, 1.54) is 94.8 Å². The Bertz CT molecular complexity index is 908. The molecule has 1 amide bonds. The molecule has 0 fully saturated rings. The zero-order valence-corrected chi connectivity index (χ0v) is 20.9. The van der Waals surface area contributed by atoms with Gasteiger partial charge in [-0.3, -0.25) is 9.59 Å². The molecule has 0 radical (unpaired) electrons. The maximum absolute atomic E-state index is 12.2. The number of nitrogens with one attached hydrogen (secondary N) is 1. The summed E-state index contributed by atoms with van der Waals surface area (Å²) in [6.07, 6.45) is 17.9. The van der Waals surface area contributed by atoms with Gasteiger partial charge in [0.15, 0.2) is 5.69 Å². The first-order valence-corrected chi connectivity index (χ1v) is 12.9. The smallest absolute Gasteiger partial charge is 0.344 e. The average molecular weight is 486 g/mol. The summed E-state index contributed by atoms with van der Waals surface area (Å²) >= 11 is 0. The molecule has 1 aromatic carbocycles. The van der Waals surface area contributed by atoms with Crippen LogP contribution in [-0.4, -0.2) is 27.8 Å². The van der Waals surface area contributed by atoms with E-state index >= 15 is 0 Å². The Kier molecular flexibility index (Phi) is 13.2. The third-order valence-electron chi connectivity index (χ3n) is 5.85. The molecule has 35 heavy (non-hydrogen) atoms. The van der Waals surface area contributed by atoms with Crippen LogP contribution in [0.15, 0.2) is 30.6 Å². The summed E-state index contributed by atoms with van der Waals surface area (Å²) in [6, 6.07) is 6.01. The SMILES string of the molecule is CCCCCCCCCCCCCCCC(=O)Oc1ccc(C(=O)Oc2nc[nH]c2C(N)=O)cc1. The van der Waals surface area contributed by atoms with E-state index in [0.717, 1.165) is 19.3 Å². The lowest BCUT2D eigenvalue weighted by Crippen LogP contribution is -2.16. The van der Waals surface area contributed by atoms with Gasteiger partial charge in [-0.25, -0.2) is 9.78 Å². The number of hydrogen-bond donors (Lipinski definition) is 2. The van der Waals surface area contributed by atoms with Gasteiger partial charge < -0.3 is 20.2 Å². The highest BCUT2D eigenvalue weighted by atomic mass is 16.5. The molecular weight excluding hydrogens is 446 g/mol. The molecule has 0 aliphatic heterocycles. The van der Waals surface area contributed by atoms with E-state index in [1.807, 2.05) is 0 Å². The predicted octanol–water partition coefficient (Wildman–Crippen LogP) is 6.11. The van der Waals surface area contributed by atoms with Crippen molar-refractivity contribution < 1.29 is 23.9 Å². The number of aromatic nitrogens is 2. The van der Waals surface area contributed by atoms with Crippen LogP contribution in [0.1, 0.15) is 118 Å². The highest BCUT2D eigenvalue weighted by Crippen LogP contribution is 2.18. The number of H-pyrrole nitrogens is 1. The number of nitrogens with two attached hydrogens (primary N) is 1. The first kappa shape index (κ1) is 28.1. The van der Waals surface area contributed by atoms with Crippen LogP contribution in [0.4, 0.5) is 0 Å². The summed E-state index contributed by atoms with van der Waals surface area (Å²) in [5.74, 6) is -1.60. The van der Waals surface area contributed by atoms with Crippen molar-refractivity contribution in [1.82, 2.24) is 9.97 Å². The van der Waals surface area contributed by atoms with Crippen LogP contribution in [0, 0.1) is 0 Å². The summed E-state index contributed by atoms with van der Waals surface area (Å²) in [6.45, 7) is 2.25. The molecule has 0 saturated carbocycles. The van der Waals surface area contributed by atoms with E-state index in [9.17, 15) is 14.4 Å². The second-order valence-corrected chi connectivity index (χ2v) is 8.83. The van der Waals surface area contributed by atoms with Crippen LogP contribution in [0.3, 0.4) is 0 Å². The van der Waals surface area contributed by atoms with Crippen LogP contribution in [0.2, 0.25) is 0 Å². The van der Waals surface area contributed by atoms with Crippen molar-refractivity contribution in [2.45, 2.75) is 96.8 Å². The molecular formula is C27H39N3O5. The number of unbranched alkanes of at least 4 members (excludes halogenated alkanes) is 12. The molecule has 0 aliphatic rings. The second kappa shape index (κ2) is 16.5. The Balaban J connectivity index is 1.55. The zero-order valence-electron chi connectivity index (χ0n) is 20.9. The molecule has 1 aromatic heterocycles. The van der Waals surface area contributed by atoms with Gasteiger partial charge in [0.1, 0.15) is 5.75 Å². The monoisotopic (exact) mass is 485 g/mol. The Morgan fingerprint density at radius 1 is 0.800 bits per heavy atom. The van der Waals surface area contributed by atoms with Gasteiger partial charge in [-0.05, 0) is 30.7 Å². The number of carbonyl (C=O) groups excluding carboxylic acids is 3. The second-order valence-electron chi connectivity index (χ2n) is 8.83. The van der Waals surface area contributed by atoms with Crippen molar-refractivity contribution >= 4 is 17.8 Å². The van der Waals surface area contributed by atoms with Crippen molar-refractivity contribution in [2.24, 2.45) is 5.73 Å². The van der Waals surface area contributed by atoms with E-state index in [-0.39, 0.29) is 23.1 Å². The molecule has 8 heteroatoms. The number of primary amides is 1. The molecule has 1 heterocycles. The minimum absolute atomic E-state index is 0.0860. The van der Waals surface area contributed by atoms with E-state index in [1.54, 1.807) is 0 Å². The Hall–Kier alpha value is -3.16. The van der Waals surface area contributed by atoms with Gasteiger partial charge in [0.05, 0.1) is 11.9 Å². The summed E-state index contributed by atoms with van der Waals surface area (Å²) in [5.41, 5.74) is 5.32. The molecule has 2 rings (SSSR count). The lowest BCUT2D eigenvalue weighted by Gasteiger charge is -2.06. The minimum atomic E-state index is -0.781. The highest BCUT2D eigenvalue weighted by Gasteiger charge is 2.17. The molecule has 8 nitrogen and oxygen atoms in total. The van der Waals surface area contributed by atoms with Gasteiger partial charge in [-0.15, -0.1) is 0 Å². The number of amides is 1. The molecule has 0 aliphatic carbocycles. The lowest BCUT2D eigenvalue weighted by atomic mass is 10.0. The normalized spacial score (nSPS) is 10.8. The maximum atomic E-state index is 12.2. The van der Waals surface area contributed by atoms with Gasteiger partial charge in [0, 0.05) is 6.42 Å². The number of aromatic amines is 1. The van der Waals surface area contributed by atoms with Crippen molar-refractivity contribution in [3.63, 3.8) is 0 Å². The number of imidazole rings is 1. The van der Waals surface area contributed by atoms with Gasteiger partial charge in [0.2, 0.25) is 0 Å². The molecule has 2 aromatic rings. The largest absolute Gasteiger partial charge is 0.427 e. The van der Waals surface area contributed by atoms with Crippen LogP contribution in [-0.2, 0) is 4.79 Å². The summed E-state index contributed by atoms with van der Waals surface area (Å²) in [7, 11) is 0. The quantitative estimate of drug-likeness (QED) is 0.149. The maximum Gasteiger partial charge on any atom is 0.344 e. The summed E-state index contributed by atoms with van der Waals surface area (Å²) < 4.78 is 10.4. The third-order valence-corrected chi connectivity index (χ3v) is 5.85. The Morgan fingerprint density at radius 2 is 1.34 bits per heavy atom. The van der Waals surface area contributed by atoms with E-state index in [0.29, 0.717) is 12.2 Å². The van der Waals surface area contributed by atoms with Gasteiger partial charge in [-0.1, -0.05) is 84.0 Å². The van der Waals surface area contributed by atoms with E-state index in [2.05, 4.69) is 16.9 Å². The molecule has 0 unspecified atom stereocenters. The van der Waals surface area contributed by atoms with Gasteiger partial charge in [-0.2, -0.15) is 0 Å². The molecule has 3 N–H and O–H groups in total. The average Bonchev–Trinajstić information content (AvgIpc) is 3.31. The number of hydrogen-bond acceptors (Lipinski definition) is 6. The first-order chi connectivity index (χ1) is 17.0. The van der Waals surface area contributed by atoms with Crippen LogP contribution in [0.25, 0.3) is 0 Å². The first-order valence-electron chi connectivity index (χ1n) is 12.9. The van der Waals surface area contributed by atoms with Gasteiger partial charge in [0.25, 0.3) is 11.8 Å². The number of carbonyl (C=O) groups is 3. The van der Waals surface area contributed by atoms with Crippen LogP contribution in [0.5, 0.6) is 11.6 Å². The number of benzene rings is 1. The highest BCUT2D eigenvalue weighted by molar-refractivity contribution is 5.96. The fourth-order valence-corrected chi connectivity index (χ4v) is 3.81. The van der Waals surface area contributed by atoms with Crippen molar-refractivity contribution in [3.05, 3.63) is 41.9 Å². The fourth-order valence-electron chi connectivity index (χ4n) is 3.81. The molecule has 0 spiro atoms. The molecule has 0 bridgehead atoms. The molecule has 192 valence electrons. The fraction of sp³-hybridized carbons (Fsp3) is 0.556. The minimum Gasteiger partial charge on any atom is -0.427 e. The standard InChI is InChI=1S/C27H39N3O5/c1-2-3-4-5-6-7-8-9-10-11-12-13-14-15-23(31)34-22-18-16-21(17-19-22)27(33)35-26-24(25(28)32)29-20-30-26/h16-20H,2-15H2,1H3,(H2,28,32)(H,29,30). The van der Waals surface area contributed by atoms with E-state index < -0.39 is 11.9 Å². The van der Waals surface area contributed by atoms with Crippen LogP contribution >= 0.6 is 0 Å². The third kappa shape index (κ3) is 11.2. The molecule has 0 saturated heterocycles. The van der Waals surface area contributed by atoms with Crippen LogP contribution < -0.4 is 15.2 Å². The van der Waals surface area contributed by atoms with Crippen molar-refractivity contribution in [1.29, 1.82) is 0 Å². The Labute approximate surface area is 208 Å². The zero-order chi connectivity index (χ0) is 25.3. The van der Waals surface area contributed by atoms with Crippen molar-refractivity contribution in [2.75, 3.05) is 0 Å². The summed E-state index contributed by atoms with van der Waals surface area (Å²) in [4.78, 5) is 41.9. The predicted molar refractivity (Wildman–Crippen MR) is 134 cm³/mol. The van der Waals surface area contributed by atoms with Gasteiger partial charge >= 0.3 is 11.9 Å². The topological polar surface area (TPSA) is 124 Å². The van der Waals surface area contributed by atoms with Crippen molar-refractivity contribution in [3.8, 4) is 11.6 Å². The number of rotatable bonds is 18. The summed E-state index contributed by atoms with van der Waals surface area (Å²) in [5, 5.41) is 0. The lowest BCUT2D eigenvalue weighted by molar-refractivity contribution is -0.134. The van der Waals surface area contributed by atoms with E-state index in [4.69, 9.17) is 15.2 Å². The number of esters is 2. The number of ether oxygens (including phenoxy) is 2. The Morgan fingerprint density at radius 3 is 1.89 bits per heavy atom. The number of nitrogens with zero attached hydrogens (tertiary/aromatic N) is 1.